The van der Waals surface area contributed by atoms with Crippen molar-refractivity contribution in [1.29, 1.82) is 0 Å². The predicted molar refractivity (Wildman–Crippen MR) is 93.3 cm³/mol. The van der Waals surface area contributed by atoms with Gasteiger partial charge in [0, 0.05) is 24.7 Å². The minimum atomic E-state index is -3.49. The molecule has 1 heterocycles. The highest BCUT2D eigenvalue weighted by molar-refractivity contribution is 7.89. The third-order valence-electron chi connectivity index (χ3n) is 5.23. The number of benzene rings is 1. The molecule has 1 amide bonds. The zero-order valence-electron chi connectivity index (χ0n) is 14.2. The van der Waals surface area contributed by atoms with Crippen molar-refractivity contribution in [2.75, 3.05) is 13.1 Å². The van der Waals surface area contributed by atoms with Gasteiger partial charge in [-0.1, -0.05) is 25.8 Å². The second-order valence-corrected chi connectivity index (χ2v) is 8.92. The number of nitrogens with one attached hydrogen (secondary N) is 1. The molecule has 5 nitrogen and oxygen atoms in total. The Kier molecular flexibility index (Phi) is 5.25. The van der Waals surface area contributed by atoms with E-state index in [-0.39, 0.29) is 16.8 Å². The molecule has 0 spiro atoms. The van der Waals surface area contributed by atoms with E-state index < -0.39 is 10.0 Å². The summed E-state index contributed by atoms with van der Waals surface area (Å²) in [7, 11) is -3.49. The van der Waals surface area contributed by atoms with Crippen LogP contribution in [0.4, 0.5) is 0 Å². The van der Waals surface area contributed by atoms with E-state index >= 15 is 0 Å². The van der Waals surface area contributed by atoms with Crippen LogP contribution in [0, 0.1) is 5.92 Å². The van der Waals surface area contributed by atoms with Gasteiger partial charge in [-0.15, -0.1) is 0 Å². The Morgan fingerprint density at radius 1 is 1.12 bits per heavy atom. The maximum Gasteiger partial charge on any atom is 0.251 e. The monoisotopic (exact) mass is 350 g/mol. The minimum Gasteiger partial charge on any atom is -0.349 e. The fraction of sp³-hybridized carbons (Fsp3) is 0.611. The Bertz CT molecular complexity index is 696. The number of hydrogen-bond acceptors (Lipinski definition) is 3. The van der Waals surface area contributed by atoms with Crippen LogP contribution in [-0.4, -0.2) is 37.8 Å². The van der Waals surface area contributed by atoms with E-state index in [1.807, 2.05) is 0 Å². The number of hydrogen-bond donors (Lipinski definition) is 1. The van der Waals surface area contributed by atoms with Crippen LogP contribution in [0.3, 0.4) is 0 Å². The van der Waals surface area contributed by atoms with Crippen LogP contribution in [-0.2, 0) is 10.0 Å². The third-order valence-corrected chi connectivity index (χ3v) is 7.12. The van der Waals surface area contributed by atoms with Crippen molar-refractivity contribution >= 4 is 15.9 Å². The molecule has 0 aromatic heterocycles. The molecule has 1 aromatic rings. The highest BCUT2D eigenvalue weighted by Gasteiger charge is 2.28. The highest BCUT2D eigenvalue weighted by atomic mass is 32.2. The summed E-state index contributed by atoms with van der Waals surface area (Å²) < 4.78 is 26.8. The van der Waals surface area contributed by atoms with Gasteiger partial charge in [0.05, 0.1) is 4.90 Å². The normalized spacial score (nSPS) is 25.5. The quantitative estimate of drug-likeness (QED) is 0.908. The summed E-state index contributed by atoms with van der Waals surface area (Å²) in [5, 5.41) is 3.09. The van der Waals surface area contributed by atoms with Crippen molar-refractivity contribution in [2.45, 2.75) is 56.4 Å². The van der Waals surface area contributed by atoms with Crippen LogP contribution >= 0.6 is 0 Å². The zero-order valence-corrected chi connectivity index (χ0v) is 15.0. The standard InChI is InChI=1S/C18H26N2O3S/c1-14-7-2-3-10-17(14)19-18(21)15-8-6-9-16(13-15)24(22,23)20-11-4-5-12-20/h6,8-9,13-14,17H,2-5,7,10-12H2,1H3,(H,19,21)/t14-,17-/m0/s1. The summed E-state index contributed by atoms with van der Waals surface area (Å²) in [5.41, 5.74) is 0.424. The Balaban J connectivity index is 1.76. The molecule has 1 saturated carbocycles. The average Bonchev–Trinajstić information content (AvgIpc) is 3.12. The van der Waals surface area contributed by atoms with Gasteiger partial charge in [0.2, 0.25) is 10.0 Å². The van der Waals surface area contributed by atoms with Crippen LogP contribution in [0.1, 0.15) is 55.8 Å². The first-order valence-electron chi connectivity index (χ1n) is 8.89. The lowest BCUT2D eigenvalue weighted by Crippen LogP contribution is -2.41. The highest BCUT2D eigenvalue weighted by Crippen LogP contribution is 2.25. The van der Waals surface area contributed by atoms with Gasteiger partial charge in [0.1, 0.15) is 0 Å². The number of nitrogens with zero attached hydrogens (tertiary/aromatic N) is 1. The summed E-state index contributed by atoms with van der Waals surface area (Å²) in [5.74, 6) is 0.298. The van der Waals surface area contributed by atoms with E-state index in [9.17, 15) is 13.2 Å². The van der Waals surface area contributed by atoms with E-state index in [4.69, 9.17) is 0 Å². The summed E-state index contributed by atoms with van der Waals surface area (Å²) in [4.78, 5) is 12.8. The van der Waals surface area contributed by atoms with Crippen LogP contribution in [0.2, 0.25) is 0 Å². The van der Waals surface area contributed by atoms with Crippen molar-refractivity contribution in [2.24, 2.45) is 5.92 Å². The molecular formula is C18H26N2O3S. The molecule has 2 atom stereocenters. The van der Waals surface area contributed by atoms with E-state index in [0.717, 1.165) is 32.1 Å². The molecule has 2 fully saturated rings. The van der Waals surface area contributed by atoms with Crippen LogP contribution in [0.15, 0.2) is 29.2 Å². The topological polar surface area (TPSA) is 66.5 Å². The van der Waals surface area contributed by atoms with Crippen LogP contribution in [0.5, 0.6) is 0 Å². The largest absolute Gasteiger partial charge is 0.349 e. The van der Waals surface area contributed by atoms with Gasteiger partial charge in [-0.05, 0) is 49.8 Å². The van der Waals surface area contributed by atoms with Crippen molar-refractivity contribution in [1.82, 2.24) is 9.62 Å². The second-order valence-electron chi connectivity index (χ2n) is 6.98. The van der Waals surface area contributed by atoms with Crippen molar-refractivity contribution in [3.63, 3.8) is 0 Å². The van der Waals surface area contributed by atoms with E-state index in [2.05, 4.69) is 12.2 Å². The van der Waals surface area contributed by atoms with Gasteiger partial charge in [-0.2, -0.15) is 4.31 Å². The molecule has 0 unspecified atom stereocenters. The van der Waals surface area contributed by atoms with Gasteiger partial charge in [-0.25, -0.2) is 8.42 Å². The summed E-state index contributed by atoms with van der Waals surface area (Å²) >= 11 is 0. The molecule has 132 valence electrons. The Labute approximate surface area is 144 Å². The van der Waals surface area contributed by atoms with Crippen LogP contribution < -0.4 is 5.32 Å². The zero-order chi connectivity index (χ0) is 17.2. The average molecular weight is 350 g/mol. The molecule has 2 aliphatic rings. The Morgan fingerprint density at radius 2 is 1.83 bits per heavy atom. The predicted octanol–water partition coefficient (Wildman–Crippen LogP) is 2.78. The van der Waals surface area contributed by atoms with Gasteiger partial charge in [-0.3, -0.25) is 4.79 Å². The lowest BCUT2D eigenvalue weighted by atomic mass is 9.86. The fourth-order valence-corrected chi connectivity index (χ4v) is 5.22. The van der Waals surface area contributed by atoms with Gasteiger partial charge in [0.15, 0.2) is 0 Å². The molecule has 3 rings (SSSR count). The number of amides is 1. The molecule has 1 aliphatic heterocycles. The van der Waals surface area contributed by atoms with Crippen LogP contribution in [0.25, 0.3) is 0 Å². The SMILES string of the molecule is C[C@H]1CCCC[C@@H]1NC(=O)c1cccc(S(=O)(=O)N2CCCC2)c1. The Hall–Kier alpha value is -1.40. The van der Waals surface area contributed by atoms with E-state index in [1.54, 1.807) is 18.2 Å². The molecule has 1 aromatic carbocycles. The first kappa shape index (κ1) is 17.4. The summed E-state index contributed by atoms with van der Waals surface area (Å²) in [6, 6.07) is 6.61. The van der Waals surface area contributed by atoms with E-state index in [1.165, 1.54) is 16.8 Å². The maximum absolute atomic E-state index is 12.6. The number of sulfonamides is 1. The summed E-state index contributed by atoms with van der Waals surface area (Å²) in [6.45, 7) is 3.30. The molecule has 6 heteroatoms. The summed E-state index contributed by atoms with van der Waals surface area (Å²) in [6.07, 6.45) is 6.29. The van der Waals surface area contributed by atoms with Crippen molar-refractivity contribution in [3.8, 4) is 0 Å². The molecule has 24 heavy (non-hydrogen) atoms. The number of carbonyl (C=O) groups excluding carboxylic acids is 1. The molecule has 1 N–H and O–H groups in total. The maximum atomic E-state index is 12.6. The smallest absolute Gasteiger partial charge is 0.251 e. The lowest BCUT2D eigenvalue weighted by Gasteiger charge is -2.29. The van der Waals surface area contributed by atoms with E-state index in [0.29, 0.717) is 24.6 Å². The van der Waals surface area contributed by atoms with Crippen molar-refractivity contribution < 1.29 is 13.2 Å². The van der Waals surface area contributed by atoms with Gasteiger partial charge >= 0.3 is 0 Å². The second kappa shape index (κ2) is 7.23. The minimum absolute atomic E-state index is 0.174. The molecule has 0 bridgehead atoms. The van der Waals surface area contributed by atoms with Gasteiger partial charge < -0.3 is 5.32 Å². The molecule has 1 aliphatic carbocycles. The Morgan fingerprint density at radius 3 is 2.54 bits per heavy atom. The first-order chi connectivity index (χ1) is 11.5. The number of carbonyl (C=O) groups is 1. The first-order valence-corrected chi connectivity index (χ1v) is 10.3. The lowest BCUT2D eigenvalue weighted by molar-refractivity contribution is 0.0910. The van der Waals surface area contributed by atoms with Crippen molar-refractivity contribution in [3.05, 3.63) is 29.8 Å². The third kappa shape index (κ3) is 3.64. The molecule has 0 radical (unpaired) electrons. The number of rotatable bonds is 4. The van der Waals surface area contributed by atoms with Gasteiger partial charge in [0.25, 0.3) is 5.91 Å². The fourth-order valence-electron chi connectivity index (χ4n) is 3.66. The molecular weight excluding hydrogens is 324 g/mol. The molecule has 1 saturated heterocycles.